The van der Waals surface area contributed by atoms with E-state index in [9.17, 15) is 4.79 Å². The summed E-state index contributed by atoms with van der Waals surface area (Å²) < 4.78 is 0. The molecular weight excluding hydrogens is 240 g/mol. The molecule has 0 bridgehead atoms. The summed E-state index contributed by atoms with van der Waals surface area (Å²) in [5.74, 6) is 0. The van der Waals surface area contributed by atoms with Crippen molar-refractivity contribution in [2.45, 2.75) is 51.1 Å². The van der Waals surface area contributed by atoms with Crippen molar-refractivity contribution in [1.29, 1.82) is 5.26 Å². The standard InChI is InChI=1S/C14H24N4O/c1-2-4-13(11-15)17-7-9-18(10-8-17)14(19)16-12-5-3-6-12/h12-13H,2-10H2,1H3,(H,16,19). The summed E-state index contributed by atoms with van der Waals surface area (Å²) in [6.07, 6.45) is 5.43. The second-order valence-corrected chi connectivity index (χ2v) is 5.53. The van der Waals surface area contributed by atoms with Crippen molar-refractivity contribution in [3.8, 4) is 6.07 Å². The van der Waals surface area contributed by atoms with E-state index < -0.39 is 0 Å². The number of piperazine rings is 1. The lowest BCUT2D eigenvalue weighted by Gasteiger charge is -2.38. The first-order valence-electron chi connectivity index (χ1n) is 7.43. The van der Waals surface area contributed by atoms with Crippen LogP contribution in [0.2, 0.25) is 0 Å². The van der Waals surface area contributed by atoms with Crippen molar-refractivity contribution in [3.05, 3.63) is 0 Å². The van der Waals surface area contributed by atoms with Crippen molar-refractivity contribution in [3.63, 3.8) is 0 Å². The molecule has 5 nitrogen and oxygen atoms in total. The van der Waals surface area contributed by atoms with Gasteiger partial charge in [-0.2, -0.15) is 5.26 Å². The number of hydrogen-bond acceptors (Lipinski definition) is 3. The van der Waals surface area contributed by atoms with Crippen LogP contribution in [0.5, 0.6) is 0 Å². The molecule has 1 saturated carbocycles. The quantitative estimate of drug-likeness (QED) is 0.838. The average molecular weight is 264 g/mol. The molecule has 1 N–H and O–H groups in total. The number of nitriles is 1. The van der Waals surface area contributed by atoms with Crippen LogP contribution in [0.25, 0.3) is 0 Å². The summed E-state index contributed by atoms with van der Waals surface area (Å²) in [7, 11) is 0. The topological polar surface area (TPSA) is 59.4 Å². The predicted molar refractivity (Wildman–Crippen MR) is 73.6 cm³/mol. The van der Waals surface area contributed by atoms with Gasteiger partial charge < -0.3 is 10.2 Å². The summed E-state index contributed by atoms with van der Waals surface area (Å²) in [4.78, 5) is 16.1. The monoisotopic (exact) mass is 264 g/mol. The maximum atomic E-state index is 12.0. The summed E-state index contributed by atoms with van der Waals surface area (Å²) in [6, 6.07) is 2.87. The van der Waals surface area contributed by atoms with Gasteiger partial charge in [-0.15, -0.1) is 0 Å². The van der Waals surface area contributed by atoms with Gasteiger partial charge in [-0.05, 0) is 25.7 Å². The van der Waals surface area contributed by atoms with Gasteiger partial charge in [0.15, 0.2) is 0 Å². The second kappa shape index (κ2) is 6.76. The van der Waals surface area contributed by atoms with E-state index in [1.165, 1.54) is 6.42 Å². The van der Waals surface area contributed by atoms with Gasteiger partial charge in [0.1, 0.15) is 0 Å². The molecule has 0 aromatic carbocycles. The largest absolute Gasteiger partial charge is 0.335 e. The third-order valence-corrected chi connectivity index (χ3v) is 4.19. The molecule has 5 heteroatoms. The molecule has 1 atom stereocenters. The van der Waals surface area contributed by atoms with Crippen LogP contribution in [0.4, 0.5) is 4.79 Å². The van der Waals surface area contributed by atoms with E-state index in [0.29, 0.717) is 6.04 Å². The first kappa shape index (κ1) is 14.1. The molecule has 2 rings (SSSR count). The SMILES string of the molecule is CCCC(C#N)N1CCN(C(=O)NC2CCC2)CC1. The molecule has 0 spiro atoms. The number of rotatable bonds is 4. The van der Waals surface area contributed by atoms with Crippen molar-refractivity contribution in [1.82, 2.24) is 15.1 Å². The highest BCUT2D eigenvalue weighted by molar-refractivity contribution is 5.74. The molecule has 0 aromatic heterocycles. The molecule has 1 heterocycles. The fraction of sp³-hybridized carbons (Fsp3) is 0.857. The minimum atomic E-state index is 0.0156. The van der Waals surface area contributed by atoms with Gasteiger partial charge in [0, 0.05) is 32.2 Å². The summed E-state index contributed by atoms with van der Waals surface area (Å²) in [6.45, 7) is 5.21. The number of hydrogen-bond donors (Lipinski definition) is 1. The minimum absolute atomic E-state index is 0.0156. The average Bonchev–Trinajstić information content (AvgIpc) is 2.40. The van der Waals surface area contributed by atoms with E-state index >= 15 is 0 Å². The normalized spacial score (nSPS) is 22.4. The molecule has 2 aliphatic rings. The van der Waals surface area contributed by atoms with Crippen LogP contribution >= 0.6 is 0 Å². The molecule has 106 valence electrons. The highest BCUT2D eigenvalue weighted by Gasteiger charge is 2.27. The molecule has 1 saturated heterocycles. The summed E-state index contributed by atoms with van der Waals surface area (Å²) in [5.41, 5.74) is 0. The number of amides is 2. The van der Waals surface area contributed by atoms with Crippen molar-refractivity contribution in [2.75, 3.05) is 26.2 Å². The van der Waals surface area contributed by atoms with Crippen molar-refractivity contribution < 1.29 is 4.79 Å². The van der Waals surface area contributed by atoms with E-state index in [1.807, 2.05) is 4.90 Å². The lowest BCUT2D eigenvalue weighted by molar-refractivity contribution is 0.117. The van der Waals surface area contributed by atoms with Crippen LogP contribution < -0.4 is 5.32 Å². The minimum Gasteiger partial charge on any atom is -0.335 e. The van der Waals surface area contributed by atoms with Gasteiger partial charge in [-0.1, -0.05) is 13.3 Å². The Labute approximate surface area is 115 Å². The van der Waals surface area contributed by atoms with Crippen LogP contribution in [-0.4, -0.2) is 54.1 Å². The van der Waals surface area contributed by atoms with Gasteiger partial charge in [0.25, 0.3) is 0 Å². The van der Waals surface area contributed by atoms with Crippen LogP contribution in [-0.2, 0) is 0 Å². The van der Waals surface area contributed by atoms with Crippen LogP contribution in [0.3, 0.4) is 0 Å². The number of urea groups is 1. The zero-order valence-electron chi connectivity index (χ0n) is 11.8. The van der Waals surface area contributed by atoms with Gasteiger partial charge >= 0.3 is 6.03 Å². The summed E-state index contributed by atoms with van der Waals surface area (Å²) in [5, 5.41) is 12.2. The molecule has 2 fully saturated rings. The third kappa shape index (κ3) is 3.60. The maximum absolute atomic E-state index is 12.0. The highest BCUT2D eigenvalue weighted by Crippen LogP contribution is 2.18. The number of carbonyl (C=O) groups is 1. The van der Waals surface area contributed by atoms with E-state index in [1.54, 1.807) is 0 Å². The highest BCUT2D eigenvalue weighted by atomic mass is 16.2. The number of nitrogens with one attached hydrogen (secondary N) is 1. The van der Waals surface area contributed by atoms with Gasteiger partial charge in [-0.25, -0.2) is 4.79 Å². The first-order valence-corrected chi connectivity index (χ1v) is 7.43. The summed E-state index contributed by atoms with van der Waals surface area (Å²) >= 11 is 0. The molecule has 19 heavy (non-hydrogen) atoms. The molecular formula is C14H24N4O. The molecule has 1 unspecified atom stereocenters. The first-order chi connectivity index (χ1) is 9.24. The maximum Gasteiger partial charge on any atom is 0.317 e. The molecule has 2 amide bonds. The van der Waals surface area contributed by atoms with E-state index in [-0.39, 0.29) is 12.1 Å². The lowest BCUT2D eigenvalue weighted by Crippen LogP contribution is -2.55. The van der Waals surface area contributed by atoms with Crippen molar-refractivity contribution >= 4 is 6.03 Å². The molecule has 0 radical (unpaired) electrons. The van der Waals surface area contributed by atoms with Crippen molar-refractivity contribution in [2.24, 2.45) is 0 Å². The van der Waals surface area contributed by atoms with Gasteiger partial charge in [0.2, 0.25) is 0 Å². The number of nitrogens with zero attached hydrogens (tertiary/aromatic N) is 3. The van der Waals surface area contributed by atoms with Gasteiger partial charge in [-0.3, -0.25) is 4.90 Å². The Bertz CT molecular complexity index is 340. The van der Waals surface area contributed by atoms with Crippen LogP contribution in [0.15, 0.2) is 0 Å². The smallest absolute Gasteiger partial charge is 0.317 e. The van der Waals surface area contributed by atoms with Gasteiger partial charge in [0.05, 0.1) is 12.1 Å². The zero-order valence-corrected chi connectivity index (χ0v) is 11.8. The third-order valence-electron chi connectivity index (χ3n) is 4.19. The molecule has 1 aliphatic carbocycles. The van der Waals surface area contributed by atoms with E-state index in [2.05, 4.69) is 23.2 Å². The second-order valence-electron chi connectivity index (χ2n) is 5.53. The molecule has 0 aromatic rings. The van der Waals surface area contributed by atoms with E-state index in [4.69, 9.17) is 5.26 Å². The van der Waals surface area contributed by atoms with E-state index in [0.717, 1.165) is 51.9 Å². The Morgan fingerprint density at radius 3 is 2.53 bits per heavy atom. The Kier molecular flexibility index (Phi) is 5.03. The Morgan fingerprint density at radius 2 is 2.05 bits per heavy atom. The Morgan fingerprint density at radius 1 is 1.37 bits per heavy atom. The Hall–Kier alpha value is -1.28. The predicted octanol–water partition coefficient (Wildman–Crippen LogP) is 1.56. The lowest BCUT2D eigenvalue weighted by atomic mass is 9.93. The zero-order chi connectivity index (χ0) is 13.7. The number of carbonyl (C=O) groups excluding carboxylic acids is 1. The fourth-order valence-corrected chi connectivity index (χ4v) is 2.66. The Balaban J connectivity index is 1.75. The molecule has 1 aliphatic heterocycles. The van der Waals surface area contributed by atoms with Crippen LogP contribution in [0.1, 0.15) is 39.0 Å². The van der Waals surface area contributed by atoms with Crippen LogP contribution in [0, 0.1) is 11.3 Å². The fourth-order valence-electron chi connectivity index (χ4n) is 2.66.